The van der Waals surface area contributed by atoms with Gasteiger partial charge in [-0.3, -0.25) is 9.59 Å². The number of nitrogens with zero attached hydrogens (tertiary/aromatic N) is 1. The number of allylic oxidation sites excluding steroid dienone is 9. The maximum atomic E-state index is 12.9. The second-order valence-electron chi connectivity index (χ2n) is 8.02. The maximum Gasteiger partial charge on any atom is 0.198 e. The van der Waals surface area contributed by atoms with Gasteiger partial charge in [0.15, 0.2) is 11.6 Å². The van der Waals surface area contributed by atoms with Crippen LogP contribution in [0.3, 0.4) is 0 Å². The average Bonchev–Trinajstić information content (AvgIpc) is 3.08. The smallest absolute Gasteiger partial charge is 0.198 e. The number of hydrogen-bond donors (Lipinski definition) is 0. The van der Waals surface area contributed by atoms with Crippen LogP contribution in [0.1, 0.15) is 40.1 Å². The topological polar surface area (TPSA) is 46.6 Å². The van der Waals surface area contributed by atoms with Crippen molar-refractivity contribution < 1.29 is 14.3 Å². The molecule has 2 heterocycles. The highest BCUT2D eigenvalue weighted by Crippen LogP contribution is 2.33. The summed E-state index contributed by atoms with van der Waals surface area (Å²) >= 11 is 0. The van der Waals surface area contributed by atoms with Crippen LogP contribution >= 0.6 is 0 Å². The van der Waals surface area contributed by atoms with Crippen LogP contribution < -0.4 is 4.90 Å². The minimum absolute atomic E-state index is 0.201. The van der Waals surface area contributed by atoms with Crippen LogP contribution in [0.15, 0.2) is 113 Å². The van der Waals surface area contributed by atoms with E-state index < -0.39 is 0 Å². The molecule has 0 bridgehead atoms. The second-order valence-corrected chi connectivity index (χ2v) is 8.02. The summed E-state index contributed by atoms with van der Waals surface area (Å²) in [5.41, 5.74) is 5.16. The summed E-state index contributed by atoms with van der Waals surface area (Å²) in [6.45, 7) is 4.79. The number of likely N-dealkylation sites (N-methyl/N-ethyl adjacent to an activating group) is 1. The van der Waals surface area contributed by atoms with Crippen LogP contribution in [0.2, 0.25) is 0 Å². The number of hydrogen-bond acceptors (Lipinski definition) is 4. The van der Waals surface area contributed by atoms with E-state index in [0.717, 1.165) is 12.2 Å². The van der Waals surface area contributed by atoms with Gasteiger partial charge in [-0.1, -0.05) is 54.6 Å². The number of rotatable bonds is 3. The first kappa shape index (κ1) is 20.7. The van der Waals surface area contributed by atoms with Gasteiger partial charge in [-0.25, -0.2) is 0 Å². The first-order valence-corrected chi connectivity index (χ1v) is 11.0. The Labute approximate surface area is 193 Å². The zero-order valence-corrected chi connectivity index (χ0v) is 18.5. The molecule has 0 aromatic heterocycles. The highest BCUT2D eigenvalue weighted by Gasteiger charge is 2.35. The number of carbonyl (C=O) groups excluding carboxylic acids is 2. The fraction of sp³-hybridized carbons (Fsp3) is 0.103. The lowest BCUT2D eigenvalue weighted by Gasteiger charge is -2.29. The van der Waals surface area contributed by atoms with E-state index in [2.05, 4.69) is 36.1 Å². The molecule has 0 amide bonds. The molecule has 0 fully saturated rings. The number of fused-ring (bicyclic) bond motifs is 2. The molecule has 5 rings (SSSR count). The summed E-state index contributed by atoms with van der Waals surface area (Å²) in [4.78, 5) is 28.0. The minimum Gasteiger partial charge on any atom is -0.462 e. The summed E-state index contributed by atoms with van der Waals surface area (Å²) in [6.07, 6.45) is 13.5. The molecule has 2 aromatic carbocycles. The Kier molecular flexibility index (Phi) is 5.27. The van der Waals surface area contributed by atoms with Crippen LogP contribution in [0.5, 0.6) is 0 Å². The molecule has 162 valence electrons. The summed E-state index contributed by atoms with van der Waals surface area (Å²) in [5, 5.41) is 0. The van der Waals surface area contributed by atoms with Crippen LogP contribution in [0, 0.1) is 0 Å². The lowest BCUT2D eigenvalue weighted by molar-refractivity contribution is 0.0988. The first-order chi connectivity index (χ1) is 16.1. The second kappa shape index (κ2) is 8.40. The van der Waals surface area contributed by atoms with Gasteiger partial charge in [0, 0.05) is 29.1 Å². The van der Waals surface area contributed by atoms with Gasteiger partial charge in [0.2, 0.25) is 0 Å². The molecule has 4 heteroatoms. The number of anilines is 1. The van der Waals surface area contributed by atoms with E-state index in [1.54, 1.807) is 36.4 Å². The molecule has 4 nitrogen and oxygen atoms in total. The van der Waals surface area contributed by atoms with Gasteiger partial charge in [0.05, 0.1) is 5.57 Å². The lowest BCUT2D eigenvalue weighted by atomic mass is 10.0. The lowest BCUT2D eigenvalue weighted by Crippen LogP contribution is -2.23. The molecular weight excluding hydrogens is 410 g/mol. The molecule has 0 radical (unpaired) electrons. The number of carbonyl (C=O) groups is 2. The molecule has 0 unspecified atom stereocenters. The van der Waals surface area contributed by atoms with E-state index in [0.29, 0.717) is 28.2 Å². The van der Waals surface area contributed by atoms with Crippen molar-refractivity contribution in [2.45, 2.75) is 13.8 Å². The van der Waals surface area contributed by atoms with E-state index in [9.17, 15) is 9.59 Å². The van der Waals surface area contributed by atoms with Gasteiger partial charge in [0.25, 0.3) is 0 Å². The molecule has 0 N–H and O–H groups in total. The SMILES string of the molecule is CCN1/C(=C\C=C\C2=CC(=C3C(=O)c4ccccc4C3=O)C=C(C)O2)C=Cc2ccccc21. The number of Topliss-reactive ketones (excluding diaryl/α,β-unsaturated/α-hetero) is 2. The van der Waals surface area contributed by atoms with E-state index in [1.165, 1.54) is 11.3 Å². The fourth-order valence-corrected chi connectivity index (χ4v) is 4.42. The first-order valence-electron chi connectivity index (χ1n) is 11.0. The predicted octanol–water partition coefficient (Wildman–Crippen LogP) is 6.17. The van der Waals surface area contributed by atoms with Crippen molar-refractivity contribution in [3.63, 3.8) is 0 Å². The van der Waals surface area contributed by atoms with Crippen molar-refractivity contribution in [2.24, 2.45) is 0 Å². The van der Waals surface area contributed by atoms with Crippen LogP contribution in [0.4, 0.5) is 5.69 Å². The van der Waals surface area contributed by atoms with Crippen molar-refractivity contribution in [1.29, 1.82) is 0 Å². The largest absolute Gasteiger partial charge is 0.462 e. The number of para-hydroxylation sites is 1. The van der Waals surface area contributed by atoms with Crippen LogP contribution in [0.25, 0.3) is 6.08 Å². The van der Waals surface area contributed by atoms with Gasteiger partial charge in [-0.05, 0) is 61.4 Å². The maximum absolute atomic E-state index is 12.9. The number of benzene rings is 2. The van der Waals surface area contributed by atoms with E-state index in [1.807, 2.05) is 37.3 Å². The normalized spacial score (nSPS) is 18.5. The third kappa shape index (κ3) is 3.70. The Morgan fingerprint density at radius 2 is 1.61 bits per heavy atom. The molecule has 0 saturated heterocycles. The molecule has 33 heavy (non-hydrogen) atoms. The van der Waals surface area contributed by atoms with Crippen molar-refractivity contribution in [1.82, 2.24) is 0 Å². The molecule has 3 aliphatic rings. The third-order valence-corrected chi connectivity index (χ3v) is 5.91. The highest BCUT2D eigenvalue weighted by atomic mass is 16.5. The molecule has 0 saturated carbocycles. The van der Waals surface area contributed by atoms with Crippen LogP contribution in [-0.2, 0) is 4.74 Å². The van der Waals surface area contributed by atoms with Gasteiger partial charge < -0.3 is 9.64 Å². The zero-order chi connectivity index (χ0) is 22.9. The fourth-order valence-electron chi connectivity index (χ4n) is 4.42. The molecule has 0 atom stereocenters. The van der Waals surface area contributed by atoms with Crippen molar-refractivity contribution in [2.75, 3.05) is 11.4 Å². The highest BCUT2D eigenvalue weighted by molar-refractivity contribution is 6.40. The Balaban J connectivity index is 1.45. The standard InChI is InChI=1S/C29H23NO3/c1-3-30-22(16-15-20-9-4-7-14-26(20)30)10-8-11-23-18-21(17-19(2)33-23)27-28(31)24-12-5-6-13-25(24)29(27)32/h4-18H,3H2,1-2H3/b11-8+,22-10-. The predicted molar refractivity (Wildman–Crippen MR) is 131 cm³/mol. The van der Waals surface area contributed by atoms with Gasteiger partial charge in [-0.15, -0.1) is 0 Å². The number of ether oxygens (including phenoxy) is 1. The Bertz CT molecular complexity index is 1330. The van der Waals surface area contributed by atoms with Crippen molar-refractivity contribution in [3.05, 3.63) is 130 Å². The Morgan fingerprint density at radius 1 is 0.909 bits per heavy atom. The Morgan fingerprint density at radius 3 is 2.33 bits per heavy atom. The molecule has 2 aromatic rings. The third-order valence-electron chi connectivity index (χ3n) is 5.91. The minimum atomic E-state index is -0.233. The van der Waals surface area contributed by atoms with Gasteiger partial charge in [0.1, 0.15) is 11.5 Å². The van der Waals surface area contributed by atoms with E-state index in [-0.39, 0.29) is 17.1 Å². The summed E-state index contributed by atoms with van der Waals surface area (Å²) in [7, 11) is 0. The molecular formula is C29H23NO3. The van der Waals surface area contributed by atoms with Gasteiger partial charge in [-0.2, -0.15) is 0 Å². The summed E-state index contributed by atoms with van der Waals surface area (Å²) in [6, 6.07) is 15.3. The van der Waals surface area contributed by atoms with Crippen molar-refractivity contribution in [3.8, 4) is 0 Å². The number of ketones is 2. The Hall–Kier alpha value is -4.18. The monoisotopic (exact) mass is 433 g/mol. The van der Waals surface area contributed by atoms with E-state index in [4.69, 9.17) is 4.74 Å². The molecule has 2 aliphatic heterocycles. The average molecular weight is 434 g/mol. The molecule has 1 aliphatic carbocycles. The van der Waals surface area contributed by atoms with E-state index >= 15 is 0 Å². The van der Waals surface area contributed by atoms with Crippen molar-refractivity contribution >= 4 is 23.3 Å². The quantitative estimate of drug-likeness (QED) is 0.429. The molecule has 0 spiro atoms. The summed E-state index contributed by atoms with van der Waals surface area (Å²) < 4.78 is 5.84. The van der Waals surface area contributed by atoms with Gasteiger partial charge >= 0.3 is 0 Å². The summed E-state index contributed by atoms with van der Waals surface area (Å²) in [5.74, 6) is 0.741. The zero-order valence-electron chi connectivity index (χ0n) is 18.5. The van der Waals surface area contributed by atoms with Crippen LogP contribution in [-0.4, -0.2) is 18.1 Å².